The van der Waals surface area contributed by atoms with Crippen LogP contribution in [0, 0.1) is 0 Å². The summed E-state index contributed by atoms with van der Waals surface area (Å²) in [5, 5.41) is 2.43. The summed E-state index contributed by atoms with van der Waals surface area (Å²) in [5.41, 5.74) is 0.777. The maximum absolute atomic E-state index is 11.1. The van der Waals surface area contributed by atoms with Crippen LogP contribution in [0.2, 0.25) is 0 Å². The van der Waals surface area contributed by atoms with Gasteiger partial charge in [-0.1, -0.05) is 0 Å². The van der Waals surface area contributed by atoms with Crippen molar-refractivity contribution in [2.45, 2.75) is 13.8 Å². The fourth-order valence-corrected chi connectivity index (χ4v) is 0.666. The predicted molar refractivity (Wildman–Crippen MR) is 51.9 cm³/mol. The van der Waals surface area contributed by atoms with Gasteiger partial charge in [0.1, 0.15) is 5.71 Å². The Morgan fingerprint density at radius 3 is 2.15 bits per heavy atom. The molecule has 0 bridgehead atoms. The van der Waals surface area contributed by atoms with E-state index in [0.29, 0.717) is 5.57 Å². The lowest BCUT2D eigenvalue weighted by Crippen LogP contribution is -2.26. The zero-order valence-corrected chi connectivity index (χ0v) is 8.34. The minimum atomic E-state index is -0.289. The van der Waals surface area contributed by atoms with Crippen LogP contribution in [-0.4, -0.2) is 31.5 Å². The molecule has 0 unspecified atom stereocenters. The third kappa shape index (κ3) is 3.64. The Balaban J connectivity index is 4.75. The molecule has 0 saturated heterocycles. The first-order chi connectivity index (χ1) is 6.02. The average molecular weight is 182 g/mol. The van der Waals surface area contributed by atoms with Crippen LogP contribution in [0.3, 0.4) is 0 Å². The molecule has 4 heteroatoms. The zero-order valence-electron chi connectivity index (χ0n) is 8.34. The van der Waals surface area contributed by atoms with Gasteiger partial charge >= 0.3 is 0 Å². The summed E-state index contributed by atoms with van der Waals surface area (Å²) >= 11 is 0. The highest BCUT2D eigenvalue weighted by atomic mass is 16.1. The number of carbonyl (C=O) groups excluding carboxylic acids is 2. The second-order valence-electron chi connectivity index (χ2n) is 2.57. The van der Waals surface area contributed by atoms with Crippen molar-refractivity contribution >= 4 is 17.4 Å². The van der Waals surface area contributed by atoms with Crippen molar-refractivity contribution in [1.82, 2.24) is 5.32 Å². The first kappa shape index (κ1) is 11.6. The van der Waals surface area contributed by atoms with Crippen molar-refractivity contribution in [3.8, 4) is 0 Å². The molecule has 0 rings (SSSR count). The predicted octanol–water partition coefficient (Wildman–Crippen LogP) is 0.339. The fourth-order valence-electron chi connectivity index (χ4n) is 0.666. The van der Waals surface area contributed by atoms with Crippen molar-refractivity contribution in [2.75, 3.05) is 14.1 Å². The Kier molecular flexibility index (Phi) is 4.66. The van der Waals surface area contributed by atoms with Gasteiger partial charge in [0.25, 0.3) is 5.91 Å². The Morgan fingerprint density at radius 2 is 1.85 bits per heavy atom. The van der Waals surface area contributed by atoms with Crippen LogP contribution in [0.4, 0.5) is 0 Å². The monoisotopic (exact) mass is 182 g/mol. The number of nitrogens with zero attached hydrogens (tertiary/aromatic N) is 1. The summed E-state index contributed by atoms with van der Waals surface area (Å²) in [6, 6.07) is 0. The van der Waals surface area contributed by atoms with Crippen LogP contribution < -0.4 is 5.32 Å². The van der Waals surface area contributed by atoms with Gasteiger partial charge in [0.15, 0.2) is 5.78 Å². The van der Waals surface area contributed by atoms with Gasteiger partial charge in [0, 0.05) is 14.1 Å². The Hall–Kier alpha value is -1.45. The SMILES string of the molecule is C/N=C(\C=C(/C)C(C)=O)C(=O)NC. The van der Waals surface area contributed by atoms with Gasteiger partial charge < -0.3 is 5.32 Å². The number of carbonyl (C=O) groups is 2. The van der Waals surface area contributed by atoms with Gasteiger partial charge in [-0.05, 0) is 25.5 Å². The van der Waals surface area contributed by atoms with E-state index in [-0.39, 0.29) is 17.4 Å². The van der Waals surface area contributed by atoms with E-state index < -0.39 is 0 Å². The molecular weight excluding hydrogens is 168 g/mol. The summed E-state index contributed by atoms with van der Waals surface area (Å²) in [4.78, 5) is 25.7. The van der Waals surface area contributed by atoms with Crippen LogP contribution in [0.15, 0.2) is 16.6 Å². The van der Waals surface area contributed by atoms with Gasteiger partial charge in [0.05, 0.1) is 0 Å². The Labute approximate surface area is 77.7 Å². The molecule has 0 aromatic rings. The second kappa shape index (κ2) is 5.24. The highest BCUT2D eigenvalue weighted by Gasteiger charge is 2.06. The van der Waals surface area contributed by atoms with E-state index in [9.17, 15) is 9.59 Å². The minimum absolute atomic E-state index is 0.0648. The van der Waals surface area contributed by atoms with Crippen LogP contribution in [0.25, 0.3) is 0 Å². The molecule has 1 N–H and O–H groups in total. The first-order valence-corrected chi connectivity index (χ1v) is 3.91. The summed E-state index contributed by atoms with van der Waals surface area (Å²) in [6.45, 7) is 3.10. The average Bonchev–Trinajstić information content (AvgIpc) is 2.12. The quantitative estimate of drug-likeness (QED) is 0.505. The molecule has 0 aliphatic carbocycles. The number of hydrogen-bond acceptors (Lipinski definition) is 3. The number of hydrogen-bond donors (Lipinski definition) is 1. The molecule has 0 aliphatic rings. The molecule has 1 amide bonds. The largest absolute Gasteiger partial charge is 0.354 e. The molecule has 0 aromatic carbocycles. The molecule has 4 nitrogen and oxygen atoms in total. The van der Waals surface area contributed by atoms with Crippen molar-refractivity contribution in [3.63, 3.8) is 0 Å². The van der Waals surface area contributed by atoms with Gasteiger partial charge in [0.2, 0.25) is 0 Å². The number of nitrogens with one attached hydrogen (secondary N) is 1. The molecule has 0 heterocycles. The van der Waals surface area contributed by atoms with Crippen LogP contribution >= 0.6 is 0 Å². The van der Waals surface area contributed by atoms with E-state index in [1.165, 1.54) is 27.1 Å². The molecule has 0 fully saturated rings. The number of amides is 1. The van der Waals surface area contributed by atoms with Gasteiger partial charge in [-0.3, -0.25) is 14.6 Å². The van der Waals surface area contributed by atoms with Crippen molar-refractivity contribution in [3.05, 3.63) is 11.6 Å². The third-order valence-electron chi connectivity index (χ3n) is 1.61. The fraction of sp³-hybridized carbons (Fsp3) is 0.444. The summed E-state index contributed by atoms with van der Waals surface area (Å²) in [6.07, 6.45) is 1.47. The number of Topliss-reactive ketones (excluding diaryl/α,β-unsaturated/α-hetero) is 1. The van der Waals surface area contributed by atoms with E-state index in [1.807, 2.05) is 0 Å². The van der Waals surface area contributed by atoms with E-state index in [1.54, 1.807) is 6.92 Å². The van der Waals surface area contributed by atoms with E-state index in [0.717, 1.165) is 0 Å². The van der Waals surface area contributed by atoms with Gasteiger partial charge in [-0.2, -0.15) is 0 Å². The third-order valence-corrected chi connectivity index (χ3v) is 1.61. The molecule has 72 valence electrons. The molecule has 0 radical (unpaired) electrons. The van der Waals surface area contributed by atoms with Crippen LogP contribution in [0.5, 0.6) is 0 Å². The van der Waals surface area contributed by atoms with E-state index in [4.69, 9.17) is 0 Å². The topological polar surface area (TPSA) is 58.5 Å². The number of aliphatic imine (C=N–C) groups is 1. The summed E-state index contributed by atoms with van der Waals surface area (Å²) in [7, 11) is 3.03. The lowest BCUT2D eigenvalue weighted by Gasteiger charge is -1.99. The lowest BCUT2D eigenvalue weighted by molar-refractivity contribution is -0.114. The van der Waals surface area contributed by atoms with Crippen molar-refractivity contribution < 1.29 is 9.59 Å². The molecule has 0 spiro atoms. The smallest absolute Gasteiger partial charge is 0.269 e. The van der Waals surface area contributed by atoms with Crippen molar-refractivity contribution in [1.29, 1.82) is 0 Å². The van der Waals surface area contributed by atoms with Crippen molar-refractivity contribution in [2.24, 2.45) is 4.99 Å². The Bertz CT molecular complexity index is 277. The lowest BCUT2D eigenvalue weighted by atomic mass is 10.1. The summed E-state index contributed by atoms with van der Waals surface area (Å²) < 4.78 is 0. The zero-order chi connectivity index (χ0) is 10.4. The van der Waals surface area contributed by atoms with Crippen LogP contribution in [-0.2, 0) is 9.59 Å². The first-order valence-electron chi connectivity index (χ1n) is 3.91. The maximum Gasteiger partial charge on any atom is 0.269 e. The highest BCUT2D eigenvalue weighted by Crippen LogP contribution is 1.95. The van der Waals surface area contributed by atoms with Gasteiger partial charge in [-0.25, -0.2) is 0 Å². The Morgan fingerprint density at radius 1 is 1.31 bits per heavy atom. The molecule has 13 heavy (non-hydrogen) atoms. The van der Waals surface area contributed by atoms with E-state index >= 15 is 0 Å². The highest BCUT2D eigenvalue weighted by molar-refractivity contribution is 6.43. The molecule has 0 aromatic heterocycles. The normalized spacial score (nSPS) is 12.6. The van der Waals surface area contributed by atoms with E-state index in [2.05, 4.69) is 10.3 Å². The molecular formula is C9H14N2O2. The molecule has 0 saturated carbocycles. The maximum atomic E-state index is 11.1. The summed E-state index contributed by atoms with van der Waals surface area (Å²) in [5.74, 6) is -0.354. The van der Waals surface area contributed by atoms with Gasteiger partial charge in [-0.15, -0.1) is 0 Å². The number of allylic oxidation sites excluding steroid dienone is 1. The number of rotatable bonds is 3. The second-order valence-corrected chi connectivity index (χ2v) is 2.57. The number of ketones is 1. The minimum Gasteiger partial charge on any atom is -0.354 e. The standard InChI is InChI=1S/C9H14N2O2/c1-6(7(2)12)5-8(10-3)9(13)11-4/h5H,1-4H3,(H,11,13)/b6-5+,10-8+. The van der Waals surface area contributed by atoms with Crippen LogP contribution in [0.1, 0.15) is 13.8 Å². The molecule has 0 aliphatic heterocycles. The molecule has 0 atom stereocenters.